The van der Waals surface area contributed by atoms with Gasteiger partial charge in [0.15, 0.2) is 0 Å². The van der Waals surface area contributed by atoms with Gasteiger partial charge in [-0.3, -0.25) is 9.69 Å². The minimum Gasteiger partial charge on any atom is -0.465 e. The van der Waals surface area contributed by atoms with Crippen LogP contribution >= 0.6 is 23.2 Å². The van der Waals surface area contributed by atoms with Crippen molar-refractivity contribution in [3.8, 4) is 0 Å². The van der Waals surface area contributed by atoms with Gasteiger partial charge in [0, 0.05) is 49.3 Å². The van der Waals surface area contributed by atoms with Gasteiger partial charge >= 0.3 is 5.97 Å². The number of methoxy groups -OCH3 is 2. The van der Waals surface area contributed by atoms with E-state index in [9.17, 15) is 9.59 Å². The van der Waals surface area contributed by atoms with Crippen LogP contribution in [-0.2, 0) is 34.5 Å². The van der Waals surface area contributed by atoms with E-state index in [0.29, 0.717) is 46.3 Å². The van der Waals surface area contributed by atoms with Crippen LogP contribution in [0.3, 0.4) is 0 Å². The Morgan fingerprint density at radius 3 is 2.44 bits per heavy atom. The first-order valence-corrected chi connectivity index (χ1v) is 16.2. The number of nitrogens with zero attached hydrogens (tertiary/aromatic N) is 3. The summed E-state index contributed by atoms with van der Waals surface area (Å²) >= 11 is 12.7. The van der Waals surface area contributed by atoms with Crippen molar-refractivity contribution in [1.29, 1.82) is 0 Å². The Morgan fingerprint density at radius 1 is 0.938 bits per heavy atom. The molecule has 1 aliphatic rings. The van der Waals surface area contributed by atoms with Crippen LogP contribution in [0.2, 0.25) is 10.0 Å². The molecule has 1 amide bonds. The van der Waals surface area contributed by atoms with Crippen molar-refractivity contribution >= 4 is 51.8 Å². The predicted molar refractivity (Wildman–Crippen MR) is 185 cm³/mol. The molecule has 4 atom stereocenters. The van der Waals surface area contributed by atoms with Crippen molar-refractivity contribution in [3.63, 3.8) is 0 Å². The molecule has 8 nitrogen and oxygen atoms in total. The van der Waals surface area contributed by atoms with Gasteiger partial charge in [-0.15, -0.1) is 0 Å². The minimum atomic E-state index is -0.853. The molecule has 1 aromatic heterocycles. The average molecular weight is 690 g/mol. The maximum Gasteiger partial charge on any atom is 0.337 e. The molecule has 0 spiro atoms. The summed E-state index contributed by atoms with van der Waals surface area (Å²) in [6, 6.07) is 23.8. The molecule has 2 unspecified atom stereocenters. The van der Waals surface area contributed by atoms with E-state index in [-0.39, 0.29) is 17.0 Å². The van der Waals surface area contributed by atoms with Gasteiger partial charge in [-0.25, -0.2) is 14.2 Å². The molecule has 1 N–H and O–H groups in total. The van der Waals surface area contributed by atoms with Crippen LogP contribution in [0.15, 0.2) is 84.9 Å². The van der Waals surface area contributed by atoms with Crippen LogP contribution in [0.4, 0.5) is 10.1 Å². The van der Waals surface area contributed by atoms with Crippen LogP contribution in [0.25, 0.3) is 11.0 Å². The first-order valence-electron chi connectivity index (χ1n) is 15.5. The van der Waals surface area contributed by atoms with Gasteiger partial charge in [0.05, 0.1) is 41.4 Å². The van der Waals surface area contributed by atoms with Crippen LogP contribution < -0.4 is 5.32 Å². The quantitative estimate of drug-likeness (QED) is 0.160. The number of carbonyl (C=O) groups excluding carboxylic acids is 2. The summed E-state index contributed by atoms with van der Waals surface area (Å²) in [5.74, 6) is -1.94. The van der Waals surface area contributed by atoms with E-state index in [0.717, 1.165) is 16.6 Å². The zero-order valence-corrected chi connectivity index (χ0v) is 28.4. The first kappa shape index (κ1) is 33.6. The molecule has 5 aromatic rings. The number of likely N-dealkylation sites (tertiary alicyclic amines) is 1. The number of carbonyl (C=O) groups is 2. The molecule has 1 fully saturated rings. The predicted octanol–water partition coefficient (Wildman–Crippen LogP) is 7.73. The Morgan fingerprint density at radius 2 is 1.69 bits per heavy atom. The van der Waals surface area contributed by atoms with E-state index in [1.54, 1.807) is 55.6 Å². The molecule has 0 radical (unpaired) electrons. The lowest BCUT2D eigenvalue weighted by atomic mass is 9.80. The molecule has 0 aliphatic carbocycles. The van der Waals surface area contributed by atoms with E-state index in [4.69, 9.17) is 37.7 Å². The van der Waals surface area contributed by atoms with Crippen LogP contribution in [0, 0.1) is 5.82 Å². The molecule has 48 heavy (non-hydrogen) atoms. The second-order valence-electron chi connectivity index (χ2n) is 12.0. The number of halogens is 3. The second-order valence-corrected chi connectivity index (χ2v) is 12.9. The Kier molecular flexibility index (Phi) is 9.85. The van der Waals surface area contributed by atoms with Gasteiger partial charge in [-0.1, -0.05) is 65.7 Å². The SMILES string of the molecule is COCc1cccc(CN2C(C(=O)Nc3cccc(Cl)c3)C(c3cccc(Cl)c3F)[C@H](c3nc4cc(C(=O)OC)ccc4n3C)[C@@H]2C)c1. The van der Waals surface area contributed by atoms with Crippen molar-refractivity contribution < 1.29 is 23.5 Å². The highest BCUT2D eigenvalue weighted by molar-refractivity contribution is 6.31. The number of aromatic nitrogens is 2. The molecule has 1 saturated heterocycles. The normalized spacial score (nSPS) is 19.5. The van der Waals surface area contributed by atoms with Crippen LogP contribution in [-0.4, -0.2) is 52.6 Å². The molecule has 0 saturated carbocycles. The fourth-order valence-electron chi connectivity index (χ4n) is 6.98. The van der Waals surface area contributed by atoms with Gasteiger partial charge < -0.3 is 19.4 Å². The molecular formula is C37H35Cl2FN4O4. The number of ether oxygens (including phenoxy) is 2. The highest BCUT2D eigenvalue weighted by atomic mass is 35.5. The number of aryl methyl sites for hydroxylation is 1. The van der Waals surface area contributed by atoms with Crippen molar-refractivity contribution in [2.75, 3.05) is 19.5 Å². The summed E-state index contributed by atoms with van der Waals surface area (Å²) in [5.41, 5.74) is 4.52. The Hall–Kier alpha value is -4.28. The maximum atomic E-state index is 16.2. The van der Waals surface area contributed by atoms with Crippen molar-refractivity contribution in [2.24, 2.45) is 7.05 Å². The van der Waals surface area contributed by atoms with Gasteiger partial charge in [-0.2, -0.15) is 0 Å². The molecule has 1 aliphatic heterocycles. The van der Waals surface area contributed by atoms with Gasteiger partial charge in [0.2, 0.25) is 5.91 Å². The lowest BCUT2D eigenvalue weighted by Gasteiger charge is -2.30. The third kappa shape index (κ3) is 6.43. The summed E-state index contributed by atoms with van der Waals surface area (Å²) in [7, 11) is 4.86. The highest BCUT2D eigenvalue weighted by Crippen LogP contribution is 2.50. The molecule has 6 rings (SSSR count). The smallest absolute Gasteiger partial charge is 0.337 e. The zero-order chi connectivity index (χ0) is 34.1. The van der Waals surface area contributed by atoms with Crippen molar-refractivity contribution in [3.05, 3.63) is 129 Å². The topological polar surface area (TPSA) is 85.7 Å². The lowest BCUT2D eigenvalue weighted by Crippen LogP contribution is -2.44. The fraction of sp³-hybridized carbons (Fsp3) is 0.270. The molecule has 11 heteroatoms. The molecule has 2 heterocycles. The Labute approximate surface area is 288 Å². The Bertz CT molecular complexity index is 2000. The third-order valence-corrected chi connectivity index (χ3v) is 9.66. The lowest BCUT2D eigenvalue weighted by molar-refractivity contribution is -0.121. The Balaban J connectivity index is 1.54. The summed E-state index contributed by atoms with van der Waals surface area (Å²) in [4.78, 5) is 34.0. The number of esters is 1. The van der Waals surface area contributed by atoms with E-state index in [1.165, 1.54) is 13.2 Å². The zero-order valence-electron chi connectivity index (χ0n) is 26.9. The molecule has 0 bridgehead atoms. The number of rotatable bonds is 9. The largest absolute Gasteiger partial charge is 0.465 e. The first-order chi connectivity index (χ1) is 23.1. The van der Waals surface area contributed by atoms with Gasteiger partial charge in [0.1, 0.15) is 11.6 Å². The van der Waals surface area contributed by atoms with Gasteiger partial charge in [-0.05, 0) is 66.1 Å². The number of benzene rings is 4. The third-order valence-electron chi connectivity index (χ3n) is 9.13. The monoisotopic (exact) mass is 688 g/mol. The summed E-state index contributed by atoms with van der Waals surface area (Å²) in [5, 5.41) is 3.48. The molecular weight excluding hydrogens is 654 g/mol. The number of nitrogens with one attached hydrogen (secondary N) is 1. The number of anilines is 1. The van der Waals surface area contributed by atoms with Crippen molar-refractivity contribution in [1.82, 2.24) is 14.5 Å². The van der Waals surface area contributed by atoms with Crippen LogP contribution in [0.1, 0.15) is 51.6 Å². The summed E-state index contributed by atoms with van der Waals surface area (Å²) < 4.78 is 28.4. The van der Waals surface area contributed by atoms with Crippen LogP contribution in [0.5, 0.6) is 0 Å². The van der Waals surface area contributed by atoms with Gasteiger partial charge in [0.25, 0.3) is 0 Å². The highest BCUT2D eigenvalue weighted by Gasteiger charge is 2.53. The van der Waals surface area contributed by atoms with E-state index in [1.807, 2.05) is 48.9 Å². The van der Waals surface area contributed by atoms with E-state index < -0.39 is 29.7 Å². The molecule has 4 aromatic carbocycles. The number of hydrogen-bond acceptors (Lipinski definition) is 6. The number of amides is 1. The van der Waals surface area contributed by atoms with E-state index >= 15 is 4.39 Å². The fourth-order valence-corrected chi connectivity index (χ4v) is 7.35. The van der Waals surface area contributed by atoms with Crippen molar-refractivity contribution in [2.45, 2.75) is 44.0 Å². The second kappa shape index (κ2) is 14.1. The number of fused-ring (bicyclic) bond motifs is 1. The summed E-state index contributed by atoms with van der Waals surface area (Å²) in [6.07, 6.45) is 0. The minimum absolute atomic E-state index is 0.0358. The maximum absolute atomic E-state index is 16.2. The number of imidazole rings is 1. The van der Waals surface area contributed by atoms with E-state index in [2.05, 4.69) is 10.2 Å². The number of hydrogen-bond donors (Lipinski definition) is 1. The average Bonchev–Trinajstić information content (AvgIpc) is 3.54. The standard InChI is InChI=1S/C37H35Cl2FN4O4/c1-21-31(35-42-29-17-24(37(46)48-4)14-15-30(29)43(35)2)32(27-12-7-13-28(39)33(27)40)34(36(45)41-26-11-6-10-25(38)18-26)44(21)19-22-8-5-9-23(16-22)20-47-3/h5-18,21,31-32,34H,19-20H2,1-4H3,(H,41,45)/t21-,31+,32?,34?/m0/s1. The summed E-state index contributed by atoms with van der Waals surface area (Å²) in [6.45, 7) is 2.86. The molecule has 248 valence electrons.